The van der Waals surface area contributed by atoms with E-state index < -0.39 is 0 Å². The van der Waals surface area contributed by atoms with Crippen LogP contribution >= 0.6 is 0 Å². The predicted octanol–water partition coefficient (Wildman–Crippen LogP) is 3.35. The lowest BCUT2D eigenvalue weighted by atomic mass is 9.48. The quantitative estimate of drug-likeness (QED) is 0.848. The topological polar surface area (TPSA) is 49.4 Å². The third kappa shape index (κ3) is 3.00. The van der Waals surface area contributed by atoms with Gasteiger partial charge in [0.25, 0.3) is 0 Å². The summed E-state index contributed by atoms with van der Waals surface area (Å²) < 4.78 is 0. The highest BCUT2D eigenvalue weighted by molar-refractivity contribution is 5.89. The number of hydrogen-bond donors (Lipinski definition) is 1. The average Bonchev–Trinajstić information content (AvgIpc) is 3.02. The van der Waals surface area contributed by atoms with Crippen molar-refractivity contribution in [2.75, 3.05) is 6.54 Å². The van der Waals surface area contributed by atoms with Crippen molar-refractivity contribution in [2.24, 2.45) is 29.1 Å². The van der Waals surface area contributed by atoms with Crippen molar-refractivity contribution in [1.29, 1.82) is 0 Å². The van der Waals surface area contributed by atoms with E-state index in [4.69, 9.17) is 0 Å². The second-order valence-electron chi connectivity index (χ2n) is 9.85. The van der Waals surface area contributed by atoms with Gasteiger partial charge in [0.2, 0.25) is 11.8 Å². The van der Waals surface area contributed by atoms with Gasteiger partial charge < -0.3 is 10.2 Å². The van der Waals surface area contributed by atoms with Gasteiger partial charge in [0, 0.05) is 18.5 Å². The van der Waals surface area contributed by atoms with Crippen LogP contribution in [0.4, 0.5) is 0 Å². The van der Waals surface area contributed by atoms with Gasteiger partial charge >= 0.3 is 0 Å². The number of carbonyl (C=O) groups is 2. The molecule has 4 nitrogen and oxygen atoms in total. The number of hydrogen-bond acceptors (Lipinski definition) is 2. The number of amides is 2. The van der Waals surface area contributed by atoms with Crippen LogP contribution in [0, 0.1) is 29.1 Å². The first-order valence-electron chi connectivity index (χ1n) is 10.5. The summed E-state index contributed by atoms with van der Waals surface area (Å²) in [5, 5.41) is 3.37. The van der Waals surface area contributed by atoms with E-state index in [1.54, 1.807) is 0 Å². The maximum Gasteiger partial charge on any atom is 0.243 e. The third-order valence-electron chi connectivity index (χ3n) is 7.70. The van der Waals surface area contributed by atoms with Crippen LogP contribution in [0.25, 0.3) is 0 Å². The lowest BCUT2D eigenvalue weighted by molar-refractivity contribution is -0.142. The first-order valence-corrected chi connectivity index (χ1v) is 10.5. The number of rotatable bonds is 4. The molecule has 1 heterocycles. The van der Waals surface area contributed by atoms with Crippen LogP contribution in [0.2, 0.25) is 0 Å². The van der Waals surface area contributed by atoms with Crippen molar-refractivity contribution in [2.45, 2.75) is 84.2 Å². The Morgan fingerprint density at radius 2 is 1.56 bits per heavy atom. The molecule has 0 aromatic heterocycles. The van der Waals surface area contributed by atoms with Gasteiger partial charge in [0.15, 0.2) is 0 Å². The number of nitrogens with zero attached hydrogens (tertiary/aromatic N) is 1. The lowest BCUT2D eigenvalue weighted by Crippen LogP contribution is -2.58. The standard InChI is InChI=1S/C21H34N2O2/c1-13(2)20(25)23-6-4-5-18(23)19(24)22-14(3)21-10-15-7-16(11-21)9-17(8-15)12-21/h13-18H,4-12H2,1-3H3,(H,22,24)/t14-,15?,16?,17?,18+,21?/m0/s1. The van der Waals surface area contributed by atoms with Gasteiger partial charge in [-0.15, -0.1) is 0 Å². The molecule has 1 N–H and O–H groups in total. The molecule has 5 rings (SSSR count). The van der Waals surface area contributed by atoms with E-state index in [1.165, 1.54) is 38.5 Å². The summed E-state index contributed by atoms with van der Waals surface area (Å²) in [6, 6.07) is -0.00346. The van der Waals surface area contributed by atoms with E-state index >= 15 is 0 Å². The zero-order valence-corrected chi connectivity index (χ0v) is 16.1. The Morgan fingerprint density at radius 1 is 1.00 bits per heavy atom. The van der Waals surface area contributed by atoms with Gasteiger partial charge in [-0.1, -0.05) is 13.8 Å². The lowest BCUT2D eigenvalue weighted by Gasteiger charge is -2.59. The van der Waals surface area contributed by atoms with Gasteiger partial charge in [-0.3, -0.25) is 9.59 Å². The largest absolute Gasteiger partial charge is 0.351 e. The summed E-state index contributed by atoms with van der Waals surface area (Å²) >= 11 is 0. The van der Waals surface area contributed by atoms with Crippen LogP contribution < -0.4 is 5.32 Å². The molecule has 0 spiro atoms. The Bertz CT molecular complexity index is 521. The molecule has 2 amide bonds. The van der Waals surface area contributed by atoms with E-state index in [9.17, 15) is 9.59 Å². The second kappa shape index (κ2) is 6.28. The molecule has 0 radical (unpaired) electrons. The first kappa shape index (κ1) is 17.4. The van der Waals surface area contributed by atoms with Crippen molar-refractivity contribution < 1.29 is 9.59 Å². The minimum atomic E-state index is -0.244. The van der Waals surface area contributed by atoms with E-state index in [2.05, 4.69) is 12.2 Å². The average molecular weight is 347 g/mol. The summed E-state index contributed by atoms with van der Waals surface area (Å²) in [5.41, 5.74) is 0.329. The molecule has 5 fully saturated rings. The van der Waals surface area contributed by atoms with Crippen LogP contribution in [-0.4, -0.2) is 35.3 Å². The minimum absolute atomic E-state index is 0.0334. The molecule has 0 aromatic rings. The summed E-state index contributed by atoms with van der Waals surface area (Å²) in [7, 11) is 0. The fraction of sp³-hybridized carbons (Fsp3) is 0.905. The van der Waals surface area contributed by atoms with E-state index in [-0.39, 0.29) is 29.8 Å². The number of nitrogens with one attached hydrogen (secondary N) is 1. The highest BCUT2D eigenvalue weighted by atomic mass is 16.2. The highest BCUT2D eigenvalue weighted by Crippen LogP contribution is 2.61. The number of carbonyl (C=O) groups excluding carboxylic acids is 2. The van der Waals surface area contributed by atoms with Crippen LogP contribution in [0.15, 0.2) is 0 Å². The van der Waals surface area contributed by atoms with Gasteiger partial charge in [0.05, 0.1) is 0 Å². The van der Waals surface area contributed by atoms with Crippen molar-refractivity contribution >= 4 is 11.8 Å². The van der Waals surface area contributed by atoms with Crippen LogP contribution in [0.1, 0.15) is 72.1 Å². The Hall–Kier alpha value is -1.06. The van der Waals surface area contributed by atoms with E-state index in [1.807, 2.05) is 18.7 Å². The van der Waals surface area contributed by atoms with E-state index in [0.29, 0.717) is 5.41 Å². The fourth-order valence-corrected chi connectivity index (χ4v) is 6.81. The molecule has 25 heavy (non-hydrogen) atoms. The zero-order chi connectivity index (χ0) is 17.8. The fourth-order valence-electron chi connectivity index (χ4n) is 6.81. The Kier molecular flexibility index (Phi) is 4.36. The zero-order valence-electron chi connectivity index (χ0n) is 16.1. The Morgan fingerprint density at radius 3 is 2.08 bits per heavy atom. The summed E-state index contributed by atoms with van der Waals surface area (Å²) in [4.78, 5) is 27.2. The molecule has 2 atom stereocenters. The summed E-state index contributed by atoms with van der Waals surface area (Å²) in [6.07, 6.45) is 9.97. The Labute approximate surface area is 152 Å². The molecule has 140 valence electrons. The van der Waals surface area contributed by atoms with Gasteiger partial charge in [0.1, 0.15) is 6.04 Å². The predicted molar refractivity (Wildman–Crippen MR) is 97.8 cm³/mol. The molecular formula is C21H34N2O2. The van der Waals surface area contributed by atoms with Gasteiger partial charge in [-0.05, 0) is 81.5 Å². The molecule has 4 heteroatoms. The SMILES string of the molecule is CC(C)C(=O)N1CCC[C@@H]1C(=O)N[C@@H](C)C12CC3CC(CC(C3)C1)C2. The molecule has 1 aliphatic heterocycles. The molecule has 5 aliphatic rings. The molecular weight excluding hydrogens is 312 g/mol. The highest BCUT2D eigenvalue weighted by Gasteiger charge is 2.53. The van der Waals surface area contributed by atoms with Crippen molar-refractivity contribution in [3.05, 3.63) is 0 Å². The molecule has 1 saturated heterocycles. The van der Waals surface area contributed by atoms with Crippen molar-refractivity contribution in [3.8, 4) is 0 Å². The molecule has 0 aromatic carbocycles. The summed E-state index contributed by atoms with van der Waals surface area (Å²) in [5.74, 6) is 2.88. The molecule has 4 bridgehead atoms. The maximum absolute atomic E-state index is 13.0. The van der Waals surface area contributed by atoms with Gasteiger partial charge in [-0.2, -0.15) is 0 Å². The molecule has 0 unspecified atom stereocenters. The normalized spacial score (nSPS) is 40.6. The van der Waals surface area contributed by atoms with Gasteiger partial charge in [-0.25, -0.2) is 0 Å². The summed E-state index contributed by atoms with van der Waals surface area (Å²) in [6.45, 7) is 6.82. The monoisotopic (exact) mass is 346 g/mol. The van der Waals surface area contributed by atoms with Crippen LogP contribution in [-0.2, 0) is 9.59 Å². The van der Waals surface area contributed by atoms with E-state index in [0.717, 1.165) is 37.1 Å². The number of likely N-dealkylation sites (tertiary alicyclic amines) is 1. The van der Waals surface area contributed by atoms with Crippen LogP contribution in [0.3, 0.4) is 0 Å². The molecule has 4 saturated carbocycles. The van der Waals surface area contributed by atoms with Crippen molar-refractivity contribution in [1.82, 2.24) is 10.2 Å². The Balaban J connectivity index is 1.43. The third-order valence-corrected chi connectivity index (χ3v) is 7.70. The second-order valence-corrected chi connectivity index (χ2v) is 9.85. The maximum atomic E-state index is 13.0. The molecule has 4 aliphatic carbocycles. The minimum Gasteiger partial charge on any atom is -0.351 e. The first-order chi connectivity index (χ1) is 11.9. The van der Waals surface area contributed by atoms with Crippen LogP contribution in [0.5, 0.6) is 0 Å². The van der Waals surface area contributed by atoms with Crippen molar-refractivity contribution in [3.63, 3.8) is 0 Å². The smallest absolute Gasteiger partial charge is 0.243 e.